The van der Waals surface area contributed by atoms with Gasteiger partial charge in [0, 0.05) is 22.7 Å². The zero-order valence-corrected chi connectivity index (χ0v) is 12.0. The second-order valence-electron chi connectivity index (χ2n) is 4.62. The van der Waals surface area contributed by atoms with E-state index in [-0.39, 0.29) is 5.69 Å². The van der Waals surface area contributed by atoms with Crippen molar-refractivity contribution in [3.05, 3.63) is 75.1 Å². The number of non-ortho nitro benzene ring substituents is 1. The van der Waals surface area contributed by atoms with Crippen LogP contribution >= 0.6 is 11.6 Å². The van der Waals surface area contributed by atoms with Gasteiger partial charge < -0.3 is 4.52 Å². The van der Waals surface area contributed by atoms with Crippen molar-refractivity contribution in [3.8, 4) is 11.4 Å². The summed E-state index contributed by atoms with van der Waals surface area (Å²) < 4.78 is 5.20. The molecule has 0 atom stereocenters. The first kappa shape index (κ1) is 14.2. The molecule has 1 heterocycles. The molecule has 0 saturated heterocycles. The van der Waals surface area contributed by atoms with Gasteiger partial charge in [-0.2, -0.15) is 4.98 Å². The minimum absolute atomic E-state index is 0.0499. The van der Waals surface area contributed by atoms with E-state index in [0.717, 1.165) is 11.1 Å². The van der Waals surface area contributed by atoms with Crippen LogP contribution < -0.4 is 0 Å². The van der Waals surface area contributed by atoms with Crippen molar-refractivity contribution < 1.29 is 9.45 Å². The van der Waals surface area contributed by atoms with Crippen LogP contribution in [0.15, 0.2) is 53.1 Å². The van der Waals surface area contributed by atoms with Gasteiger partial charge in [-0.1, -0.05) is 41.0 Å². The molecular formula is C15H10ClN3O3. The van der Waals surface area contributed by atoms with E-state index < -0.39 is 4.92 Å². The van der Waals surface area contributed by atoms with Crippen molar-refractivity contribution in [1.82, 2.24) is 10.1 Å². The molecule has 0 bridgehead atoms. The van der Waals surface area contributed by atoms with Gasteiger partial charge in [0.2, 0.25) is 11.7 Å². The van der Waals surface area contributed by atoms with Gasteiger partial charge in [0.15, 0.2) is 0 Å². The van der Waals surface area contributed by atoms with Crippen LogP contribution in [0, 0.1) is 10.1 Å². The number of hydrogen-bond donors (Lipinski definition) is 0. The molecule has 7 heteroatoms. The molecule has 6 nitrogen and oxygen atoms in total. The predicted octanol–water partition coefficient (Wildman–Crippen LogP) is 3.89. The molecule has 0 unspecified atom stereocenters. The first-order valence-electron chi connectivity index (χ1n) is 6.44. The van der Waals surface area contributed by atoms with E-state index in [1.165, 1.54) is 12.1 Å². The summed E-state index contributed by atoms with van der Waals surface area (Å²) in [5.41, 5.74) is 1.67. The Morgan fingerprint density at radius 2 is 1.95 bits per heavy atom. The molecule has 0 amide bonds. The highest BCUT2D eigenvalue weighted by atomic mass is 35.5. The molecule has 0 fully saturated rings. The zero-order chi connectivity index (χ0) is 15.5. The zero-order valence-electron chi connectivity index (χ0n) is 11.3. The Bertz CT molecular complexity index is 815. The smallest absolute Gasteiger partial charge is 0.269 e. The number of hydrogen-bond acceptors (Lipinski definition) is 5. The number of nitro groups is 1. The monoisotopic (exact) mass is 315 g/mol. The van der Waals surface area contributed by atoms with E-state index in [1.807, 2.05) is 12.1 Å². The SMILES string of the molecule is O=[N+]([O-])c1ccc(Cc2nc(-c3cccc(Cl)c3)no2)cc1. The van der Waals surface area contributed by atoms with Crippen molar-refractivity contribution >= 4 is 17.3 Å². The molecule has 3 rings (SSSR count). The Balaban J connectivity index is 1.78. The average Bonchev–Trinajstić information content (AvgIpc) is 2.96. The molecular weight excluding hydrogens is 306 g/mol. The fraction of sp³-hybridized carbons (Fsp3) is 0.0667. The lowest BCUT2D eigenvalue weighted by Crippen LogP contribution is -1.91. The van der Waals surface area contributed by atoms with E-state index >= 15 is 0 Å². The number of rotatable bonds is 4. The van der Waals surface area contributed by atoms with Gasteiger partial charge in [-0.25, -0.2) is 0 Å². The van der Waals surface area contributed by atoms with E-state index in [4.69, 9.17) is 16.1 Å². The van der Waals surface area contributed by atoms with Gasteiger partial charge in [-0.3, -0.25) is 10.1 Å². The molecule has 2 aromatic carbocycles. The molecule has 0 aliphatic rings. The van der Waals surface area contributed by atoms with E-state index in [9.17, 15) is 10.1 Å². The maximum atomic E-state index is 10.6. The maximum Gasteiger partial charge on any atom is 0.269 e. The van der Waals surface area contributed by atoms with Crippen LogP contribution in [0.1, 0.15) is 11.5 Å². The molecule has 0 aliphatic carbocycles. The molecule has 1 aromatic heterocycles. The Labute approximate surface area is 130 Å². The summed E-state index contributed by atoms with van der Waals surface area (Å²) in [6.45, 7) is 0. The van der Waals surface area contributed by atoms with Crippen molar-refractivity contribution in [1.29, 1.82) is 0 Å². The Kier molecular flexibility index (Phi) is 3.84. The van der Waals surface area contributed by atoms with E-state index in [2.05, 4.69) is 10.1 Å². The molecule has 0 saturated carbocycles. The third kappa shape index (κ3) is 3.12. The van der Waals surface area contributed by atoms with Crippen LogP contribution in [0.5, 0.6) is 0 Å². The van der Waals surface area contributed by atoms with Crippen molar-refractivity contribution in [2.75, 3.05) is 0 Å². The minimum Gasteiger partial charge on any atom is -0.339 e. The highest BCUT2D eigenvalue weighted by molar-refractivity contribution is 6.30. The van der Waals surface area contributed by atoms with Crippen molar-refractivity contribution in [3.63, 3.8) is 0 Å². The summed E-state index contributed by atoms with van der Waals surface area (Å²) >= 11 is 5.93. The normalized spacial score (nSPS) is 10.6. The fourth-order valence-corrected chi connectivity index (χ4v) is 2.17. The molecule has 22 heavy (non-hydrogen) atoms. The van der Waals surface area contributed by atoms with Crippen LogP contribution in [0.4, 0.5) is 5.69 Å². The molecule has 3 aromatic rings. The predicted molar refractivity (Wildman–Crippen MR) is 80.6 cm³/mol. The van der Waals surface area contributed by atoms with Crippen molar-refractivity contribution in [2.24, 2.45) is 0 Å². The molecule has 110 valence electrons. The van der Waals surface area contributed by atoms with Gasteiger partial charge >= 0.3 is 0 Å². The topological polar surface area (TPSA) is 82.1 Å². The number of nitro benzene ring substituents is 1. The lowest BCUT2D eigenvalue weighted by atomic mass is 10.1. The number of nitrogens with zero attached hydrogens (tertiary/aromatic N) is 3. The second-order valence-corrected chi connectivity index (χ2v) is 5.06. The molecule has 0 N–H and O–H groups in total. The summed E-state index contributed by atoms with van der Waals surface area (Å²) in [7, 11) is 0. The van der Waals surface area contributed by atoms with Crippen LogP contribution in [-0.4, -0.2) is 15.1 Å². The Morgan fingerprint density at radius 1 is 1.18 bits per heavy atom. The highest BCUT2D eigenvalue weighted by Crippen LogP contribution is 2.21. The number of halogens is 1. The summed E-state index contributed by atoms with van der Waals surface area (Å²) in [6, 6.07) is 13.4. The summed E-state index contributed by atoms with van der Waals surface area (Å²) in [5, 5.41) is 15.1. The van der Waals surface area contributed by atoms with E-state index in [1.54, 1.807) is 24.3 Å². The minimum atomic E-state index is -0.437. The first-order chi connectivity index (χ1) is 10.6. The summed E-state index contributed by atoms with van der Waals surface area (Å²) in [4.78, 5) is 14.5. The number of aromatic nitrogens is 2. The fourth-order valence-electron chi connectivity index (χ4n) is 1.98. The standard InChI is InChI=1S/C15H10ClN3O3/c16-12-3-1-2-11(9-12)15-17-14(22-18-15)8-10-4-6-13(7-5-10)19(20)21/h1-7,9H,8H2. The highest BCUT2D eigenvalue weighted by Gasteiger charge is 2.11. The lowest BCUT2D eigenvalue weighted by molar-refractivity contribution is -0.384. The van der Waals surface area contributed by atoms with Gasteiger partial charge in [0.25, 0.3) is 5.69 Å². The molecule has 0 aliphatic heterocycles. The van der Waals surface area contributed by atoms with Gasteiger partial charge in [0.1, 0.15) is 0 Å². The summed E-state index contributed by atoms with van der Waals surface area (Å²) in [5.74, 6) is 0.892. The number of benzene rings is 2. The average molecular weight is 316 g/mol. The van der Waals surface area contributed by atoms with Crippen LogP contribution in [-0.2, 0) is 6.42 Å². The van der Waals surface area contributed by atoms with E-state index in [0.29, 0.717) is 23.2 Å². The lowest BCUT2D eigenvalue weighted by Gasteiger charge is -1.96. The quantitative estimate of drug-likeness (QED) is 0.539. The van der Waals surface area contributed by atoms with Gasteiger partial charge in [0.05, 0.1) is 11.3 Å². The molecule has 0 radical (unpaired) electrons. The van der Waals surface area contributed by atoms with Crippen LogP contribution in [0.25, 0.3) is 11.4 Å². The second kappa shape index (κ2) is 5.95. The van der Waals surface area contributed by atoms with Crippen LogP contribution in [0.3, 0.4) is 0 Å². The third-order valence-corrected chi connectivity index (χ3v) is 3.29. The summed E-state index contributed by atoms with van der Waals surface area (Å²) in [6.07, 6.45) is 0.408. The van der Waals surface area contributed by atoms with Gasteiger partial charge in [-0.05, 0) is 17.7 Å². The van der Waals surface area contributed by atoms with Crippen LogP contribution in [0.2, 0.25) is 5.02 Å². The van der Waals surface area contributed by atoms with Gasteiger partial charge in [-0.15, -0.1) is 0 Å². The third-order valence-electron chi connectivity index (χ3n) is 3.05. The Morgan fingerprint density at radius 3 is 2.64 bits per heavy atom. The Hall–Kier alpha value is -2.73. The van der Waals surface area contributed by atoms with Crippen molar-refractivity contribution in [2.45, 2.75) is 6.42 Å². The maximum absolute atomic E-state index is 10.6. The molecule has 0 spiro atoms. The first-order valence-corrected chi connectivity index (χ1v) is 6.81. The largest absolute Gasteiger partial charge is 0.339 e.